The van der Waals surface area contributed by atoms with Gasteiger partial charge in [0.15, 0.2) is 0 Å². The summed E-state index contributed by atoms with van der Waals surface area (Å²) in [6.07, 6.45) is 4.57. The van der Waals surface area contributed by atoms with Crippen molar-refractivity contribution >= 4 is 6.03 Å². The number of carbonyl (C=O) groups excluding carboxylic acids is 1. The summed E-state index contributed by atoms with van der Waals surface area (Å²) in [6.45, 7) is 7.42. The van der Waals surface area contributed by atoms with Gasteiger partial charge >= 0.3 is 6.03 Å². The van der Waals surface area contributed by atoms with Crippen LogP contribution in [0.2, 0.25) is 0 Å². The molecule has 4 nitrogen and oxygen atoms in total. The van der Waals surface area contributed by atoms with Gasteiger partial charge in [0.05, 0.1) is 0 Å². The summed E-state index contributed by atoms with van der Waals surface area (Å²) in [4.78, 5) is 18.0. The fraction of sp³-hybridized carbons (Fsp3) is 0.538. The fourth-order valence-corrected chi connectivity index (χ4v) is 1.95. The molecule has 0 bridgehead atoms. The van der Waals surface area contributed by atoms with Crippen LogP contribution in [0, 0.1) is 0 Å². The number of fused-ring (bicyclic) bond motifs is 1. The molecule has 0 aromatic carbocycles. The van der Waals surface area contributed by atoms with Crippen LogP contribution in [0.15, 0.2) is 18.5 Å². The van der Waals surface area contributed by atoms with Crippen molar-refractivity contribution in [2.75, 3.05) is 6.54 Å². The first-order chi connectivity index (χ1) is 7.96. The molecule has 1 aromatic heterocycles. The van der Waals surface area contributed by atoms with Crippen LogP contribution >= 0.6 is 0 Å². The van der Waals surface area contributed by atoms with Gasteiger partial charge in [-0.15, -0.1) is 0 Å². The first kappa shape index (κ1) is 11.9. The van der Waals surface area contributed by atoms with Crippen molar-refractivity contribution in [3.05, 3.63) is 29.6 Å². The summed E-state index contributed by atoms with van der Waals surface area (Å²) in [5, 5.41) is 2.99. The maximum Gasteiger partial charge on any atom is 0.318 e. The minimum atomic E-state index is -0.185. The van der Waals surface area contributed by atoms with E-state index in [0.717, 1.165) is 13.0 Å². The number of pyridine rings is 1. The number of nitrogens with one attached hydrogen (secondary N) is 1. The van der Waals surface area contributed by atoms with Gasteiger partial charge in [-0.3, -0.25) is 4.98 Å². The lowest BCUT2D eigenvalue weighted by Crippen LogP contribution is -2.49. The Hall–Kier alpha value is -1.58. The summed E-state index contributed by atoms with van der Waals surface area (Å²) in [7, 11) is 0. The van der Waals surface area contributed by atoms with Gasteiger partial charge in [-0.2, -0.15) is 0 Å². The van der Waals surface area contributed by atoms with E-state index in [1.165, 1.54) is 11.1 Å². The molecule has 17 heavy (non-hydrogen) atoms. The SMILES string of the molecule is CC(C)(C)NC(=O)N1CCc2cnccc2C1. The highest BCUT2D eigenvalue weighted by atomic mass is 16.2. The van der Waals surface area contributed by atoms with E-state index in [-0.39, 0.29) is 11.6 Å². The second-order valence-electron chi connectivity index (χ2n) is 5.50. The largest absolute Gasteiger partial charge is 0.333 e. The fourth-order valence-electron chi connectivity index (χ4n) is 1.95. The molecule has 0 unspecified atom stereocenters. The predicted octanol–water partition coefficient (Wildman–Crippen LogP) is 1.95. The normalized spacial score (nSPS) is 15.4. The molecule has 0 fully saturated rings. The molecule has 0 atom stereocenters. The third-order valence-electron chi connectivity index (χ3n) is 2.79. The van der Waals surface area contributed by atoms with Gasteiger partial charge in [0.1, 0.15) is 0 Å². The van der Waals surface area contributed by atoms with E-state index in [2.05, 4.69) is 10.3 Å². The molecule has 2 heterocycles. The Morgan fingerprint density at radius 1 is 1.41 bits per heavy atom. The summed E-state index contributed by atoms with van der Waals surface area (Å²) in [5.41, 5.74) is 2.28. The molecule has 0 saturated heterocycles. The molecule has 4 heteroatoms. The monoisotopic (exact) mass is 233 g/mol. The maximum atomic E-state index is 12.0. The third-order valence-corrected chi connectivity index (χ3v) is 2.79. The van der Waals surface area contributed by atoms with Crippen molar-refractivity contribution in [1.29, 1.82) is 0 Å². The number of aromatic nitrogens is 1. The van der Waals surface area contributed by atoms with Crippen molar-refractivity contribution in [3.8, 4) is 0 Å². The molecule has 2 amide bonds. The first-order valence-electron chi connectivity index (χ1n) is 5.94. The zero-order valence-corrected chi connectivity index (χ0v) is 10.7. The van der Waals surface area contributed by atoms with Crippen LogP contribution < -0.4 is 5.32 Å². The molecule has 0 radical (unpaired) electrons. The quantitative estimate of drug-likeness (QED) is 0.744. The summed E-state index contributed by atoms with van der Waals surface area (Å²) in [6, 6.07) is 2.01. The Kier molecular flexibility index (Phi) is 3.05. The molecule has 0 saturated carbocycles. The van der Waals surface area contributed by atoms with E-state index in [1.807, 2.05) is 37.9 Å². The lowest BCUT2D eigenvalue weighted by Gasteiger charge is -2.31. The van der Waals surface area contributed by atoms with E-state index >= 15 is 0 Å². The highest BCUT2D eigenvalue weighted by Crippen LogP contribution is 2.17. The van der Waals surface area contributed by atoms with Gasteiger partial charge in [-0.25, -0.2) is 4.79 Å². The van der Waals surface area contributed by atoms with Gasteiger partial charge in [-0.1, -0.05) is 0 Å². The van der Waals surface area contributed by atoms with Gasteiger partial charge in [0, 0.05) is 31.0 Å². The van der Waals surface area contributed by atoms with E-state index in [0.29, 0.717) is 6.54 Å². The van der Waals surface area contributed by atoms with Crippen molar-refractivity contribution in [2.45, 2.75) is 39.3 Å². The number of nitrogens with zero attached hydrogens (tertiary/aromatic N) is 2. The first-order valence-corrected chi connectivity index (χ1v) is 5.94. The Labute approximate surface area is 102 Å². The summed E-state index contributed by atoms with van der Waals surface area (Å²) >= 11 is 0. The van der Waals surface area contributed by atoms with Gasteiger partial charge in [-0.05, 0) is 44.4 Å². The average Bonchev–Trinajstić information content (AvgIpc) is 2.26. The lowest BCUT2D eigenvalue weighted by atomic mass is 10.0. The van der Waals surface area contributed by atoms with E-state index in [9.17, 15) is 4.79 Å². The van der Waals surface area contributed by atoms with Gasteiger partial charge in [0.25, 0.3) is 0 Å². The van der Waals surface area contributed by atoms with Crippen molar-refractivity contribution in [3.63, 3.8) is 0 Å². The van der Waals surface area contributed by atoms with E-state index in [4.69, 9.17) is 0 Å². The second-order valence-corrected chi connectivity index (χ2v) is 5.50. The molecule has 0 spiro atoms. The maximum absolute atomic E-state index is 12.0. The van der Waals surface area contributed by atoms with Crippen LogP contribution in [-0.4, -0.2) is 28.0 Å². The zero-order chi connectivity index (χ0) is 12.5. The highest BCUT2D eigenvalue weighted by Gasteiger charge is 2.23. The Morgan fingerprint density at radius 2 is 2.18 bits per heavy atom. The third kappa shape index (κ3) is 2.96. The van der Waals surface area contributed by atoms with Crippen LogP contribution in [0.25, 0.3) is 0 Å². The molecular weight excluding hydrogens is 214 g/mol. The highest BCUT2D eigenvalue weighted by molar-refractivity contribution is 5.75. The molecule has 1 aliphatic heterocycles. The molecule has 2 rings (SSSR count). The molecule has 1 aromatic rings. The molecule has 1 aliphatic rings. The van der Waals surface area contributed by atoms with Gasteiger partial charge in [0.2, 0.25) is 0 Å². The number of hydrogen-bond acceptors (Lipinski definition) is 2. The molecule has 0 aliphatic carbocycles. The average molecular weight is 233 g/mol. The van der Waals surface area contributed by atoms with Crippen LogP contribution in [0.4, 0.5) is 4.79 Å². The van der Waals surface area contributed by atoms with Gasteiger partial charge < -0.3 is 10.2 Å². The summed E-state index contributed by atoms with van der Waals surface area (Å²) in [5.74, 6) is 0. The number of hydrogen-bond donors (Lipinski definition) is 1. The predicted molar refractivity (Wildman–Crippen MR) is 66.6 cm³/mol. The van der Waals surface area contributed by atoms with Crippen molar-refractivity contribution < 1.29 is 4.79 Å². The Balaban J connectivity index is 2.05. The van der Waals surface area contributed by atoms with Crippen LogP contribution in [0.5, 0.6) is 0 Å². The standard InChI is InChI=1S/C13H19N3O/c1-13(2,3)15-12(17)16-7-5-10-8-14-6-4-11(10)9-16/h4,6,8H,5,7,9H2,1-3H3,(H,15,17). The van der Waals surface area contributed by atoms with Crippen molar-refractivity contribution in [2.24, 2.45) is 0 Å². The van der Waals surface area contributed by atoms with Crippen LogP contribution in [0.1, 0.15) is 31.9 Å². The number of carbonyl (C=O) groups is 1. The Morgan fingerprint density at radius 3 is 2.88 bits per heavy atom. The van der Waals surface area contributed by atoms with Crippen LogP contribution in [-0.2, 0) is 13.0 Å². The number of rotatable bonds is 0. The second kappa shape index (κ2) is 4.35. The lowest BCUT2D eigenvalue weighted by molar-refractivity contribution is 0.183. The molecule has 1 N–H and O–H groups in total. The number of urea groups is 1. The minimum absolute atomic E-state index is 0.0139. The van der Waals surface area contributed by atoms with Crippen LogP contribution in [0.3, 0.4) is 0 Å². The minimum Gasteiger partial charge on any atom is -0.333 e. The van der Waals surface area contributed by atoms with Crippen molar-refractivity contribution in [1.82, 2.24) is 15.2 Å². The smallest absolute Gasteiger partial charge is 0.318 e. The van der Waals surface area contributed by atoms with E-state index < -0.39 is 0 Å². The summed E-state index contributed by atoms with van der Waals surface area (Å²) < 4.78 is 0. The Bertz CT molecular complexity index is 423. The molecular formula is C13H19N3O. The topological polar surface area (TPSA) is 45.2 Å². The number of amides is 2. The molecule has 92 valence electrons. The zero-order valence-electron chi connectivity index (χ0n) is 10.7. The van der Waals surface area contributed by atoms with E-state index in [1.54, 1.807) is 6.20 Å².